The maximum absolute atomic E-state index is 9.03. The van der Waals surface area contributed by atoms with Crippen LogP contribution in [0.4, 0.5) is 0 Å². The molecule has 0 aliphatic rings. The maximum Gasteiger partial charge on any atom is 0.0616 e. The first-order valence-electron chi connectivity index (χ1n) is 5.92. The van der Waals surface area contributed by atoms with Gasteiger partial charge in [-0.2, -0.15) is 0 Å². The molecule has 4 N–H and O–H groups in total. The van der Waals surface area contributed by atoms with E-state index in [0.717, 1.165) is 12.8 Å². The molecule has 0 aromatic carbocycles. The van der Waals surface area contributed by atoms with Crippen molar-refractivity contribution in [2.75, 3.05) is 6.61 Å². The topological polar surface area (TPSA) is 80.9 Å². The predicted molar refractivity (Wildman–Crippen MR) is 65.2 cm³/mol. The highest BCUT2D eigenvalue weighted by Gasteiger charge is 2.14. The second-order valence-electron chi connectivity index (χ2n) is 4.82. The molecule has 16 heavy (non-hydrogen) atoms. The minimum Gasteiger partial charge on any atom is -0.396 e. The quantitative estimate of drug-likeness (QED) is 0.556. The summed E-state index contributed by atoms with van der Waals surface area (Å²) in [4.78, 5) is 0. The Morgan fingerprint density at radius 3 is 1.81 bits per heavy atom. The van der Waals surface area contributed by atoms with Crippen LogP contribution in [0, 0.1) is 0 Å². The van der Waals surface area contributed by atoms with E-state index in [9.17, 15) is 0 Å². The molecule has 0 aromatic rings. The molecule has 0 aromatic heterocycles. The molecule has 2 atom stereocenters. The zero-order valence-corrected chi connectivity index (χ0v) is 11.0. The first-order chi connectivity index (χ1) is 7.22. The molecule has 0 amide bonds. The number of aliphatic hydroxyl groups excluding tert-OH is 3. The lowest BCUT2D eigenvalue weighted by Crippen LogP contribution is -2.24. The van der Waals surface area contributed by atoms with Gasteiger partial charge in [0.15, 0.2) is 0 Å². The van der Waals surface area contributed by atoms with Crippen molar-refractivity contribution in [3.8, 4) is 0 Å². The molecule has 0 heterocycles. The van der Waals surface area contributed by atoms with E-state index in [1.54, 1.807) is 20.8 Å². The number of hydrogen-bond donors (Lipinski definition) is 4. The van der Waals surface area contributed by atoms with Crippen LogP contribution in [0.1, 0.15) is 53.4 Å². The zero-order chi connectivity index (χ0) is 13.2. The first-order valence-corrected chi connectivity index (χ1v) is 5.92. The van der Waals surface area contributed by atoms with Crippen LogP contribution in [-0.2, 0) is 0 Å². The molecule has 0 saturated carbocycles. The Hall–Kier alpha value is -0.160. The van der Waals surface area contributed by atoms with Crippen LogP contribution >= 0.6 is 0 Å². The van der Waals surface area contributed by atoms with Crippen LogP contribution in [0.15, 0.2) is 0 Å². The third-order valence-corrected chi connectivity index (χ3v) is 1.88. The highest BCUT2D eigenvalue weighted by molar-refractivity contribution is 4.67. The van der Waals surface area contributed by atoms with Gasteiger partial charge in [0.1, 0.15) is 0 Å². The Balaban J connectivity index is 0. The van der Waals surface area contributed by atoms with Gasteiger partial charge in [0.05, 0.1) is 17.8 Å². The monoisotopic (exact) mass is 236 g/mol. The molecule has 4 heteroatoms. The van der Waals surface area contributed by atoms with Crippen molar-refractivity contribution in [1.29, 1.82) is 0 Å². The van der Waals surface area contributed by atoms with Crippen molar-refractivity contribution in [3.05, 3.63) is 0 Å². The summed E-state index contributed by atoms with van der Waals surface area (Å²) in [6, 6.07) is 0. The molecule has 100 valence electrons. The van der Waals surface area contributed by atoms with Gasteiger partial charge in [-0.15, -0.1) is 0 Å². The molecular formula is C12H28O4. The highest BCUT2D eigenvalue weighted by atomic mass is 16.3. The van der Waals surface area contributed by atoms with E-state index in [2.05, 4.69) is 0 Å². The molecule has 0 spiro atoms. The Morgan fingerprint density at radius 2 is 1.62 bits per heavy atom. The smallest absolute Gasteiger partial charge is 0.0616 e. The van der Waals surface area contributed by atoms with Crippen molar-refractivity contribution in [3.63, 3.8) is 0 Å². The van der Waals surface area contributed by atoms with Gasteiger partial charge in [0.25, 0.3) is 0 Å². The van der Waals surface area contributed by atoms with Crippen molar-refractivity contribution in [2.24, 2.45) is 0 Å². The number of rotatable bonds is 6. The third-order valence-electron chi connectivity index (χ3n) is 1.88. The summed E-state index contributed by atoms with van der Waals surface area (Å²) in [6.07, 6.45) is 2.06. The van der Waals surface area contributed by atoms with Crippen molar-refractivity contribution in [2.45, 2.75) is 71.2 Å². The Labute approximate surface area is 98.9 Å². The lowest BCUT2D eigenvalue weighted by Gasteiger charge is -2.17. The molecule has 0 fully saturated rings. The third kappa shape index (κ3) is 19.4. The van der Waals surface area contributed by atoms with Crippen LogP contribution in [0.25, 0.3) is 0 Å². The average molecular weight is 236 g/mol. The van der Waals surface area contributed by atoms with Crippen molar-refractivity contribution < 1.29 is 20.4 Å². The summed E-state index contributed by atoms with van der Waals surface area (Å²) in [7, 11) is 0. The Bertz CT molecular complexity index is 134. The lowest BCUT2D eigenvalue weighted by atomic mass is 10.0. The summed E-state index contributed by atoms with van der Waals surface area (Å²) >= 11 is 0. The number of aliphatic hydroxyl groups is 4. The van der Waals surface area contributed by atoms with Gasteiger partial charge in [-0.3, -0.25) is 0 Å². The van der Waals surface area contributed by atoms with Gasteiger partial charge >= 0.3 is 0 Å². The van der Waals surface area contributed by atoms with E-state index in [1.165, 1.54) is 0 Å². The molecule has 2 unspecified atom stereocenters. The normalized spacial score (nSPS) is 15.0. The Kier molecular flexibility index (Phi) is 11.4. The van der Waals surface area contributed by atoms with E-state index in [1.807, 2.05) is 6.92 Å². The fourth-order valence-electron chi connectivity index (χ4n) is 1.35. The first kappa shape index (κ1) is 18.2. The molecule has 4 nitrogen and oxygen atoms in total. The summed E-state index contributed by atoms with van der Waals surface area (Å²) in [5.74, 6) is 0. The summed E-state index contributed by atoms with van der Waals surface area (Å²) < 4.78 is 0. The van der Waals surface area contributed by atoms with Crippen LogP contribution in [0.3, 0.4) is 0 Å². The van der Waals surface area contributed by atoms with Crippen LogP contribution in [0.5, 0.6) is 0 Å². The van der Waals surface area contributed by atoms with Gasteiger partial charge in [-0.1, -0.05) is 13.3 Å². The summed E-state index contributed by atoms with van der Waals surface area (Å²) in [6.45, 7) is 7.14. The van der Waals surface area contributed by atoms with Crippen LogP contribution in [0.2, 0.25) is 0 Å². The van der Waals surface area contributed by atoms with E-state index in [4.69, 9.17) is 20.4 Å². The van der Waals surface area contributed by atoms with E-state index in [0.29, 0.717) is 12.8 Å². The number of hydrogen-bond acceptors (Lipinski definition) is 4. The van der Waals surface area contributed by atoms with Crippen LogP contribution in [-0.4, -0.2) is 44.8 Å². The van der Waals surface area contributed by atoms with E-state index in [-0.39, 0.29) is 12.7 Å². The van der Waals surface area contributed by atoms with Gasteiger partial charge in [0.2, 0.25) is 0 Å². The fourth-order valence-corrected chi connectivity index (χ4v) is 1.35. The average Bonchev–Trinajstić information content (AvgIpc) is 2.00. The van der Waals surface area contributed by atoms with Crippen molar-refractivity contribution >= 4 is 0 Å². The van der Waals surface area contributed by atoms with E-state index >= 15 is 0 Å². The summed E-state index contributed by atoms with van der Waals surface area (Å²) in [5.41, 5.74) is -0.728. The second kappa shape index (κ2) is 10.0. The molecule has 0 radical (unpaired) electrons. The zero-order valence-electron chi connectivity index (χ0n) is 11.0. The minimum absolute atomic E-state index is 0.0984. The molecule has 0 aliphatic heterocycles. The van der Waals surface area contributed by atoms with E-state index < -0.39 is 11.7 Å². The summed E-state index contributed by atoms with van der Waals surface area (Å²) in [5, 5.41) is 34.9. The van der Waals surface area contributed by atoms with Gasteiger partial charge < -0.3 is 20.4 Å². The molecule has 0 rings (SSSR count). The maximum atomic E-state index is 9.03. The second-order valence-corrected chi connectivity index (χ2v) is 4.82. The van der Waals surface area contributed by atoms with Gasteiger partial charge in [-0.05, 0) is 33.6 Å². The highest BCUT2D eigenvalue weighted by Crippen LogP contribution is 2.09. The minimum atomic E-state index is -0.728. The SMILES string of the molecule is CC(O)CC(C)(C)O.CCCC(O)CCO. The molecule has 0 bridgehead atoms. The molecule has 0 aliphatic carbocycles. The van der Waals surface area contributed by atoms with Gasteiger partial charge in [0, 0.05) is 13.0 Å². The van der Waals surface area contributed by atoms with Gasteiger partial charge in [-0.25, -0.2) is 0 Å². The predicted octanol–water partition coefficient (Wildman–Crippen LogP) is 1.06. The van der Waals surface area contributed by atoms with Crippen LogP contribution < -0.4 is 0 Å². The molecular weight excluding hydrogens is 208 g/mol. The Morgan fingerprint density at radius 1 is 1.12 bits per heavy atom. The van der Waals surface area contributed by atoms with Crippen molar-refractivity contribution in [1.82, 2.24) is 0 Å². The fraction of sp³-hybridized carbons (Fsp3) is 1.00. The largest absolute Gasteiger partial charge is 0.396 e. The lowest BCUT2D eigenvalue weighted by molar-refractivity contribution is 0.0249. The molecule has 0 saturated heterocycles. The standard InChI is InChI=1S/2C6H14O2/c1-5(7)4-6(2,3)8;1-2-3-6(8)4-5-7/h5,7-8H,4H2,1-3H3;6-8H,2-5H2,1H3.